The van der Waals surface area contributed by atoms with Crippen molar-refractivity contribution in [2.24, 2.45) is 0 Å². The number of hydrogen-bond acceptors (Lipinski definition) is 5. The maximum absolute atomic E-state index is 11.7. The standard InChI is InChI=1S/C10H7N5OS/c16-9(8-5-17-15-14-8)13-10-11-6-3-1-2-4-7(6)12-10/h1-5H,(H2,11,12,13,16). The molecule has 0 saturated heterocycles. The summed E-state index contributed by atoms with van der Waals surface area (Å²) in [5.41, 5.74) is 1.97. The smallest absolute Gasteiger partial charge is 0.279 e. The fourth-order valence-electron chi connectivity index (χ4n) is 1.45. The summed E-state index contributed by atoms with van der Waals surface area (Å²) in [6.45, 7) is 0. The van der Waals surface area contributed by atoms with Crippen molar-refractivity contribution in [2.45, 2.75) is 0 Å². The number of imidazole rings is 1. The topological polar surface area (TPSA) is 83.6 Å². The number of nitrogens with zero attached hydrogens (tertiary/aromatic N) is 3. The number of amides is 1. The molecule has 0 aliphatic heterocycles. The molecule has 2 heterocycles. The SMILES string of the molecule is O=C(Nc1nc2ccccc2[nH]1)c1csnn1. The van der Waals surface area contributed by atoms with Gasteiger partial charge in [0.2, 0.25) is 5.95 Å². The lowest BCUT2D eigenvalue weighted by atomic mass is 10.3. The van der Waals surface area contributed by atoms with Crippen LogP contribution in [0.2, 0.25) is 0 Å². The molecule has 3 aromatic rings. The van der Waals surface area contributed by atoms with Crippen molar-refractivity contribution in [1.82, 2.24) is 19.6 Å². The molecule has 84 valence electrons. The Hall–Kier alpha value is -2.28. The Morgan fingerprint density at radius 3 is 3.00 bits per heavy atom. The van der Waals surface area contributed by atoms with E-state index >= 15 is 0 Å². The quantitative estimate of drug-likeness (QED) is 0.719. The summed E-state index contributed by atoms with van der Waals surface area (Å²) < 4.78 is 3.63. The van der Waals surface area contributed by atoms with Gasteiger partial charge in [0.1, 0.15) is 0 Å². The lowest BCUT2D eigenvalue weighted by molar-refractivity contribution is 0.102. The molecule has 0 radical (unpaired) electrons. The van der Waals surface area contributed by atoms with Gasteiger partial charge in [-0.15, -0.1) is 5.10 Å². The number of carbonyl (C=O) groups excluding carboxylic acids is 1. The van der Waals surface area contributed by atoms with Crippen molar-refractivity contribution >= 4 is 34.4 Å². The Morgan fingerprint density at radius 1 is 1.35 bits per heavy atom. The van der Waals surface area contributed by atoms with Crippen LogP contribution < -0.4 is 5.32 Å². The number of fused-ring (bicyclic) bond motifs is 1. The van der Waals surface area contributed by atoms with E-state index < -0.39 is 0 Å². The third-order valence-corrected chi connectivity index (χ3v) is 2.72. The second-order valence-electron chi connectivity index (χ2n) is 3.35. The molecule has 0 atom stereocenters. The van der Waals surface area contributed by atoms with Gasteiger partial charge in [-0.3, -0.25) is 10.1 Å². The van der Waals surface area contributed by atoms with Gasteiger partial charge in [-0.25, -0.2) is 4.98 Å². The largest absolute Gasteiger partial charge is 0.324 e. The monoisotopic (exact) mass is 245 g/mol. The van der Waals surface area contributed by atoms with Crippen LogP contribution in [0.25, 0.3) is 11.0 Å². The van der Waals surface area contributed by atoms with Crippen LogP contribution in [-0.4, -0.2) is 25.5 Å². The molecule has 0 aliphatic rings. The first-order valence-corrected chi connectivity index (χ1v) is 5.70. The van der Waals surface area contributed by atoms with Gasteiger partial charge in [0, 0.05) is 5.38 Å². The molecule has 0 bridgehead atoms. The highest BCUT2D eigenvalue weighted by atomic mass is 32.1. The fraction of sp³-hybridized carbons (Fsp3) is 0. The van der Waals surface area contributed by atoms with Crippen LogP contribution in [0.4, 0.5) is 5.95 Å². The van der Waals surface area contributed by atoms with E-state index in [1.807, 2.05) is 24.3 Å². The maximum atomic E-state index is 11.7. The molecule has 17 heavy (non-hydrogen) atoms. The van der Waals surface area contributed by atoms with Crippen LogP contribution in [0.1, 0.15) is 10.5 Å². The number of nitrogens with one attached hydrogen (secondary N) is 2. The van der Waals surface area contributed by atoms with Crippen LogP contribution in [0.3, 0.4) is 0 Å². The molecule has 2 N–H and O–H groups in total. The Kier molecular flexibility index (Phi) is 2.30. The van der Waals surface area contributed by atoms with Gasteiger partial charge in [0.15, 0.2) is 5.69 Å². The summed E-state index contributed by atoms with van der Waals surface area (Å²) >= 11 is 1.13. The minimum absolute atomic E-state index is 0.287. The van der Waals surface area contributed by atoms with E-state index in [4.69, 9.17) is 0 Å². The van der Waals surface area contributed by atoms with Gasteiger partial charge in [-0.2, -0.15) is 0 Å². The summed E-state index contributed by atoms with van der Waals surface area (Å²) in [7, 11) is 0. The number of para-hydroxylation sites is 2. The zero-order valence-electron chi connectivity index (χ0n) is 8.54. The number of aromatic amines is 1. The number of anilines is 1. The van der Waals surface area contributed by atoms with Crippen LogP contribution in [-0.2, 0) is 0 Å². The molecule has 7 heteroatoms. The molecule has 0 saturated carbocycles. The highest BCUT2D eigenvalue weighted by Gasteiger charge is 2.11. The summed E-state index contributed by atoms with van der Waals surface area (Å²) in [5.74, 6) is 0.0852. The second kappa shape index (κ2) is 3.95. The highest BCUT2D eigenvalue weighted by Crippen LogP contribution is 2.13. The van der Waals surface area contributed by atoms with Crippen molar-refractivity contribution in [3.63, 3.8) is 0 Å². The van der Waals surface area contributed by atoms with Crippen molar-refractivity contribution in [1.29, 1.82) is 0 Å². The third-order valence-electron chi connectivity index (χ3n) is 2.21. The van der Waals surface area contributed by atoms with Crippen LogP contribution in [0.5, 0.6) is 0 Å². The van der Waals surface area contributed by atoms with E-state index in [0.717, 1.165) is 22.6 Å². The van der Waals surface area contributed by atoms with Crippen LogP contribution in [0, 0.1) is 0 Å². The zero-order valence-corrected chi connectivity index (χ0v) is 9.36. The van der Waals surface area contributed by atoms with Crippen LogP contribution >= 0.6 is 11.5 Å². The first-order valence-electron chi connectivity index (χ1n) is 4.86. The molecule has 0 spiro atoms. The average Bonchev–Trinajstić information content (AvgIpc) is 2.97. The Bertz CT molecular complexity index is 627. The first kappa shape index (κ1) is 9.91. The number of hydrogen-bond donors (Lipinski definition) is 2. The molecular weight excluding hydrogens is 238 g/mol. The van der Waals surface area contributed by atoms with E-state index in [-0.39, 0.29) is 11.6 Å². The number of rotatable bonds is 2. The van der Waals surface area contributed by atoms with E-state index in [0.29, 0.717) is 5.95 Å². The summed E-state index contributed by atoms with van der Waals surface area (Å²) in [4.78, 5) is 18.9. The second-order valence-corrected chi connectivity index (χ2v) is 3.96. The van der Waals surface area contributed by atoms with E-state index in [9.17, 15) is 4.79 Å². The average molecular weight is 245 g/mol. The van der Waals surface area contributed by atoms with Gasteiger partial charge in [-0.05, 0) is 23.7 Å². The molecule has 0 unspecified atom stereocenters. The highest BCUT2D eigenvalue weighted by molar-refractivity contribution is 7.03. The molecular formula is C10H7N5OS. The normalized spacial score (nSPS) is 10.6. The molecule has 0 fully saturated rings. The Labute approximate surface area is 99.9 Å². The van der Waals surface area contributed by atoms with Crippen molar-refractivity contribution in [3.8, 4) is 0 Å². The molecule has 0 aliphatic carbocycles. The zero-order chi connectivity index (χ0) is 11.7. The van der Waals surface area contributed by atoms with Crippen molar-refractivity contribution in [3.05, 3.63) is 35.3 Å². The van der Waals surface area contributed by atoms with Gasteiger partial charge >= 0.3 is 0 Å². The van der Waals surface area contributed by atoms with Crippen LogP contribution in [0.15, 0.2) is 29.6 Å². The predicted octanol–water partition coefficient (Wildman–Crippen LogP) is 1.67. The first-order chi connectivity index (χ1) is 8.33. The van der Waals surface area contributed by atoms with E-state index in [2.05, 4.69) is 24.9 Å². The Balaban J connectivity index is 1.88. The van der Waals surface area contributed by atoms with Gasteiger partial charge < -0.3 is 4.98 Å². The van der Waals surface area contributed by atoms with E-state index in [1.165, 1.54) is 0 Å². The third kappa shape index (κ3) is 1.87. The lowest BCUT2D eigenvalue weighted by Crippen LogP contribution is -2.13. The van der Waals surface area contributed by atoms with Gasteiger partial charge in [0.05, 0.1) is 11.0 Å². The van der Waals surface area contributed by atoms with Gasteiger partial charge in [-0.1, -0.05) is 16.6 Å². The lowest BCUT2D eigenvalue weighted by Gasteiger charge is -1.96. The van der Waals surface area contributed by atoms with Crippen molar-refractivity contribution in [2.75, 3.05) is 5.32 Å². The summed E-state index contributed by atoms with van der Waals surface area (Å²) in [6.07, 6.45) is 0. The predicted molar refractivity (Wildman–Crippen MR) is 64.0 cm³/mol. The summed E-state index contributed by atoms with van der Waals surface area (Å²) in [5, 5.41) is 7.89. The number of aromatic nitrogens is 4. The minimum Gasteiger partial charge on any atom is -0.324 e. The van der Waals surface area contributed by atoms with Gasteiger partial charge in [0.25, 0.3) is 5.91 Å². The molecule has 2 aromatic heterocycles. The molecule has 6 nitrogen and oxygen atoms in total. The molecule has 1 aromatic carbocycles. The number of H-pyrrole nitrogens is 1. The number of benzene rings is 1. The number of carbonyl (C=O) groups is 1. The summed E-state index contributed by atoms with van der Waals surface area (Å²) in [6, 6.07) is 7.55. The van der Waals surface area contributed by atoms with E-state index in [1.54, 1.807) is 5.38 Å². The fourth-order valence-corrected chi connectivity index (χ4v) is 1.88. The Morgan fingerprint density at radius 2 is 2.24 bits per heavy atom. The van der Waals surface area contributed by atoms with Crippen molar-refractivity contribution < 1.29 is 4.79 Å². The maximum Gasteiger partial charge on any atom is 0.279 e. The molecule has 3 rings (SSSR count). The molecule has 1 amide bonds. The minimum atomic E-state index is -0.321.